The van der Waals surface area contributed by atoms with E-state index >= 15 is 0 Å². The second-order valence-electron chi connectivity index (χ2n) is 10.1. The predicted molar refractivity (Wildman–Crippen MR) is 122 cm³/mol. The van der Waals surface area contributed by atoms with E-state index in [2.05, 4.69) is 22.5 Å². The standard InChI is InChI=1S/C23H35BrN2O6/c1-5-10-26(22(2,3)4)20(29)18-23-13-14(24)17(32-23)15(21(30)31)16(23)19(28)25(18)11-8-6-7-9-12-27/h5,14-18,27H,1,6-13H2,2-4H3,(H,30,31)/t14?,15-,16+,17-,18-,23+/m0/s1. The van der Waals surface area contributed by atoms with E-state index in [-0.39, 0.29) is 23.2 Å². The van der Waals surface area contributed by atoms with Gasteiger partial charge in [-0.1, -0.05) is 34.8 Å². The number of rotatable bonds is 10. The first kappa shape index (κ1) is 25.2. The van der Waals surface area contributed by atoms with Gasteiger partial charge >= 0.3 is 5.97 Å². The summed E-state index contributed by atoms with van der Waals surface area (Å²) in [5.74, 6) is -3.43. The molecule has 180 valence electrons. The lowest BCUT2D eigenvalue weighted by Gasteiger charge is -2.42. The third-order valence-electron chi connectivity index (χ3n) is 7.00. The van der Waals surface area contributed by atoms with Crippen LogP contribution in [0.1, 0.15) is 52.9 Å². The van der Waals surface area contributed by atoms with Crippen molar-refractivity contribution >= 4 is 33.7 Å². The molecule has 32 heavy (non-hydrogen) atoms. The summed E-state index contributed by atoms with van der Waals surface area (Å²) in [4.78, 5) is 42.8. The summed E-state index contributed by atoms with van der Waals surface area (Å²) in [6.07, 6.45) is 4.45. The minimum atomic E-state index is -1.15. The average Bonchev–Trinajstić information content (AvgIpc) is 3.28. The van der Waals surface area contributed by atoms with Crippen LogP contribution in [0.4, 0.5) is 0 Å². The van der Waals surface area contributed by atoms with Crippen molar-refractivity contribution in [1.82, 2.24) is 9.80 Å². The molecule has 3 aliphatic heterocycles. The number of aliphatic hydroxyl groups excluding tert-OH is 1. The number of unbranched alkanes of at least 4 members (excludes halogenated alkanes) is 3. The Labute approximate surface area is 198 Å². The molecule has 1 spiro atoms. The Bertz CT molecular complexity index is 768. The van der Waals surface area contributed by atoms with Gasteiger partial charge in [-0.2, -0.15) is 0 Å². The molecular formula is C23H35BrN2O6. The van der Waals surface area contributed by atoms with E-state index in [9.17, 15) is 19.5 Å². The van der Waals surface area contributed by atoms with E-state index in [0.717, 1.165) is 12.8 Å². The lowest BCUT2D eigenvalue weighted by molar-refractivity contribution is -0.152. The Kier molecular flexibility index (Phi) is 7.42. The van der Waals surface area contributed by atoms with E-state index in [1.807, 2.05) is 20.8 Å². The number of nitrogens with zero attached hydrogens (tertiary/aromatic N) is 2. The highest BCUT2D eigenvalue weighted by Gasteiger charge is 2.76. The van der Waals surface area contributed by atoms with Crippen LogP contribution in [0.2, 0.25) is 0 Å². The van der Waals surface area contributed by atoms with Gasteiger partial charge in [0.15, 0.2) is 0 Å². The molecule has 8 nitrogen and oxygen atoms in total. The van der Waals surface area contributed by atoms with E-state index in [1.54, 1.807) is 15.9 Å². The molecule has 1 unspecified atom stereocenters. The number of ether oxygens (including phenoxy) is 1. The number of fused-ring (bicyclic) bond motifs is 1. The zero-order valence-corrected chi connectivity index (χ0v) is 20.7. The minimum absolute atomic E-state index is 0.124. The first-order valence-electron chi connectivity index (χ1n) is 11.4. The summed E-state index contributed by atoms with van der Waals surface area (Å²) in [6.45, 7) is 10.4. The number of carbonyl (C=O) groups excluding carboxylic acids is 2. The van der Waals surface area contributed by atoms with Crippen LogP contribution >= 0.6 is 15.9 Å². The van der Waals surface area contributed by atoms with Crippen LogP contribution in [-0.4, -0.2) is 85.6 Å². The number of alkyl halides is 1. The van der Waals surface area contributed by atoms with Crippen LogP contribution in [0.25, 0.3) is 0 Å². The van der Waals surface area contributed by atoms with Crippen molar-refractivity contribution in [3.05, 3.63) is 12.7 Å². The van der Waals surface area contributed by atoms with Gasteiger partial charge in [0.05, 0.1) is 17.9 Å². The molecule has 0 aromatic carbocycles. The fourth-order valence-electron chi connectivity index (χ4n) is 5.65. The predicted octanol–water partition coefficient (Wildman–Crippen LogP) is 2.18. The lowest BCUT2D eigenvalue weighted by Crippen LogP contribution is -2.60. The van der Waals surface area contributed by atoms with Crippen molar-refractivity contribution < 1.29 is 29.3 Å². The molecule has 0 radical (unpaired) electrons. The van der Waals surface area contributed by atoms with E-state index in [1.165, 1.54) is 0 Å². The highest BCUT2D eigenvalue weighted by molar-refractivity contribution is 9.09. The maximum absolute atomic E-state index is 14.0. The summed E-state index contributed by atoms with van der Waals surface area (Å²) in [7, 11) is 0. The summed E-state index contributed by atoms with van der Waals surface area (Å²) in [5.41, 5.74) is -1.65. The Morgan fingerprint density at radius 3 is 2.53 bits per heavy atom. The summed E-state index contributed by atoms with van der Waals surface area (Å²) >= 11 is 3.56. The molecule has 9 heteroatoms. The number of carbonyl (C=O) groups is 3. The molecule has 0 aliphatic carbocycles. The second kappa shape index (κ2) is 9.43. The van der Waals surface area contributed by atoms with Crippen molar-refractivity contribution in [2.24, 2.45) is 11.8 Å². The number of likely N-dealkylation sites (tertiary alicyclic amines) is 1. The highest BCUT2D eigenvalue weighted by atomic mass is 79.9. The van der Waals surface area contributed by atoms with E-state index in [4.69, 9.17) is 9.84 Å². The average molecular weight is 515 g/mol. The molecule has 2 amide bonds. The van der Waals surface area contributed by atoms with Gasteiger partial charge in [0.1, 0.15) is 11.6 Å². The van der Waals surface area contributed by atoms with Crippen molar-refractivity contribution in [2.75, 3.05) is 19.7 Å². The zero-order chi connectivity index (χ0) is 23.8. The second-order valence-corrected chi connectivity index (χ2v) is 11.3. The van der Waals surface area contributed by atoms with Crippen molar-refractivity contribution in [1.29, 1.82) is 0 Å². The van der Waals surface area contributed by atoms with Gasteiger partial charge in [0.2, 0.25) is 11.8 Å². The smallest absolute Gasteiger partial charge is 0.310 e. The van der Waals surface area contributed by atoms with Gasteiger partial charge in [0.25, 0.3) is 0 Å². The molecule has 0 aromatic rings. The molecule has 2 bridgehead atoms. The van der Waals surface area contributed by atoms with E-state index in [0.29, 0.717) is 32.4 Å². The summed E-state index contributed by atoms with van der Waals surface area (Å²) in [5, 5.41) is 18.9. The van der Waals surface area contributed by atoms with Crippen molar-refractivity contribution in [3.63, 3.8) is 0 Å². The van der Waals surface area contributed by atoms with Gasteiger partial charge < -0.3 is 24.7 Å². The number of carboxylic acids is 1. The summed E-state index contributed by atoms with van der Waals surface area (Å²) in [6, 6.07) is -0.869. The SMILES string of the molecule is C=CCN(C(=O)[C@@H]1N(CCCCCCO)C(=O)[C@H]2[C@H](C(=O)O)[C@H]3O[C@@]12CC3Br)C(C)(C)C. The van der Waals surface area contributed by atoms with Crippen LogP contribution in [0, 0.1) is 11.8 Å². The number of halogens is 1. The molecule has 3 heterocycles. The van der Waals surface area contributed by atoms with Gasteiger partial charge in [-0.15, -0.1) is 6.58 Å². The molecular weight excluding hydrogens is 480 g/mol. The normalized spacial score (nSPS) is 33.5. The topological polar surface area (TPSA) is 107 Å². The quantitative estimate of drug-likeness (QED) is 0.263. The lowest BCUT2D eigenvalue weighted by atomic mass is 9.70. The Morgan fingerprint density at radius 1 is 1.31 bits per heavy atom. The van der Waals surface area contributed by atoms with Gasteiger partial charge in [-0.3, -0.25) is 14.4 Å². The summed E-state index contributed by atoms with van der Waals surface area (Å²) < 4.78 is 6.29. The zero-order valence-electron chi connectivity index (χ0n) is 19.1. The minimum Gasteiger partial charge on any atom is -0.481 e. The number of amides is 2. The number of hydrogen-bond acceptors (Lipinski definition) is 5. The van der Waals surface area contributed by atoms with Crippen LogP contribution in [0.3, 0.4) is 0 Å². The first-order chi connectivity index (χ1) is 15.0. The molecule has 3 fully saturated rings. The highest BCUT2D eigenvalue weighted by Crippen LogP contribution is 2.60. The van der Waals surface area contributed by atoms with Crippen LogP contribution in [0.5, 0.6) is 0 Å². The van der Waals surface area contributed by atoms with Crippen LogP contribution in [0.15, 0.2) is 12.7 Å². The number of aliphatic carboxylic acids is 1. The number of carboxylic acid groups (broad SMARTS) is 1. The molecule has 0 aromatic heterocycles. The largest absolute Gasteiger partial charge is 0.481 e. The maximum Gasteiger partial charge on any atom is 0.310 e. The Balaban J connectivity index is 1.99. The molecule has 3 rings (SSSR count). The first-order valence-corrected chi connectivity index (χ1v) is 12.3. The van der Waals surface area contributed by atoms with Gasteiger partial charge in [-0.05, 0) is 40.0 Å². The molecule has 0 saturated carbocycles. The fourth-order valence-corrected chi connectivity index (χ4v) is 6.59. The Morgan fingerprint density at radius 2 is 1.97 bits per heavy atom. The van der Waals surface area contributed by atoms with Crippen molar-refractivity contribution in [3.8, 4) is 0 Å². The van der Waals surface area contributed by atoms with Crippen LogP contribution < -0.4 is 0 Å². The molecule has 6 atom stereocenters. The monoisotopic (exact) mass is 514 g/mol. The third-order valence-corrected chi connectivity index (χ3v) is 7.85. The number of aliphatic hydroxyl groups is 1. The molecule has 3 saturated heterocycles. The fraction of sp³-hybridized carbons (Fsp3) is 0.783. The molecule has 3 aliphatic rings. The third kappa shape index (κ3) is 4.12. The van der Waals surface area contributed by atoms with Gasteiger partial charge in [0, 0.05) is 30.1 Å². The molecule has 2 N–H and O–H groups in total. The van der Waals surface area contributed by atoms with Crippen molar-refractivity contribution in [2.45, 2.75) is 81.0 Å². The van der Waals surface area contributed by atoms with Crippen LogP contribution in [-0.2, 0) is 19.1 Å². The van der Waals surface area contributed by atoms with Gasteiger partial charge in [-0.25, -0.2) is 0 Å². The number of hydrogen-bond donors (Lipinski definition) is 2. The van der Waals surface area contributed by atoms with E-state index < -0.39 is 41.1 Å². The Hall–Kier alpha value is -1.45. The maximum atomic E-state index is 14.0.